The lowest BCUT2D eigenvalue weighted by Gasteiger charge is -2.37. The SMILES string of the molecule is CC1CCN(C(=O)[C@H]2CCCN(c3oc(-c4cccs4)nc3C#N)C2)CC1. The molecule has 2 aromatic rings. The van der Waals surface area contributed by atoms with Crippen molar-refractivity contribution < 1.29 is 9.21 Å². The summed E-state index contributed by atoms with van der Waals surface area (Å²) < 4.78 is 5.95. The lowest BCUT2D eigenvalue weighted by Crippen LogP contribution is -2.47. The van der Waals surface area contributed by atoms with Crippen LogP contribution in [0.2, 0.25) is 0 Å². The molecule has 27 heavy (non-hydrogen) atoms. The molecule has 0 radical (unpaired) electrons. The van der Waals surface area contributed by atoms with E-state index in [0.717, 1.165) is 50.2 Å². The number of hydrogen-bond acceptors (Lipinski definition) is 6. The van der Waals surface area contributed by atoms with E-state index in [1.807, 2.05) is 27.3 Å². The third kappa shape index (κ3) is 3.72. The van der Waals surface area contributed by atoms with E-state index < -0.39 is 0 Å². The molecule has 7 heteroatoms. The second kappa shape index (κ2) is 7.73. The van der Waals surface area contributed by atoms with Gasteiger partial charge in [-0.1, -0.05) is 13.0 Å². The van der Waals surface area contributed by atoms with Gasteiger partial charge in [-0.25, -0.2) is 0 Å². The van der Waals surface area contributed by atoms with E-state index in [0.29, 0.717) is 29.9 Å². The molecule has 0 N–H and O–H groups in total. The van der Waals surface area contributed by atoms with Crippen LogP contribution in [0.15, 0.2) is 21.9 Å². The van der Waals surface area contributed by atoms with Gasteiger partial charge >= 0.3 is 0 Å². The monoisotopic (exact) mass is 384 g/mol. The Morgan fingerprint density at radius 3 is 2.85 bits per heavy atom. The van der Waals surface area contributed by atoms with Crippen molar-refractivity contribution in [3.8, 4) is 16.8 Å². The van der Waals surface area contributed by atoms with Crippen molar-refractivity contribution in [1.29, 1.82) is 5.26 Å². The quantitative estimate of drug-likeness (QED) is 0.806. The van der Waals surface area contributed by atoms with Gasteiger partial charge in [-0.3, -0.25) is 4.79 Å². The van der Waals surface area contributed by atoms with E-state index in [9.17, 15) is 10.1 Å². The van der Waals surface area contributed by atoms with Gasteiger partial charge < -0.3 is 14.2 Å². The Balaban J connectivity index is 1.50. The predicted molar refractivity (Wildman–Crippen MR) is 104 cm³/mol. The average molecular weight is 385 g/mol. The van der Waals surface area contributed by atoms with Crippen molar-refractivity contribution >= 4 is 23.1 Å². The molecule has 2 fully saturated rings. The van der Waals surface area contributed by atoms with Crippen molar-refractivity contribution in [2.75, 3.05) is 31.1 Å². The number of anilines is 1. The fourth-order valence-electron chi connectivity index (χ4n) is 3.96. The van der Waals surface area contributed by atoms with Crippen LogP contribution in [0.1, 0.15) is 38.3 Å². The van der Waals surface area contributed by atoms with Gasteiger partial charge in [-0.15, -0.1) is 11.3 Å². The number of nitrogens with zero attached hydrogens (tertiary/aromatic N) is 4. The highest BCUT2D eigenvalue weighted by atomic mass is 32.1. The Morgan fingerprint density at radius 2 is 2.15 bits per heavy atom. The summed E-state index contributed by atoms with van der Waals surface area (Å²) in [5.74, 6) is 1.91. The van der Waals surface area contributed by atoms with Crippen LogP contribution in [-0.4, -0.2) is 42.0 Å². The molecule has 4 rings (SSSR count). The zero-order valence-corrected chi connectivity index (χ0v) is 16.4. The first-order chi connectivity index (χ1) is 13.2. The van der Waals surface area contributed by atoms with Crippen molar-refractivity contribution in [3.63, 3.8) is 0 Å². The van der Waals surface area contributed by atoms with Crippen LogP contribution in [0.5, 0.6) is 0 Å². The van der Waals surface area contributed by atoms with E-state index >= 15 is 0 Å². The first-order valence-corrected chi connectivity index (χ1v) is 10.5. The number of likely N-dealkylation sites (tertiary alicyclic amines) is 1. The van der Waals surface area contributed by atoms with Gasteiger partial charge in [0, 0.05) is 26.2 Å². The zero-order chi connectivity index (χ0) is 18.8. The molecule has 142 valence electrons. The third-order valence-corrected chi connectivity index (χ3v) is 6.46. The molecule has 0 aromatic carbocycles. The van der Waals surface area contributed by atoms with Crippen molar-refractivity contribution in [2.45, 2.75) is 32.6 Å². The lowest BCUT2D eigenvalue weighted by atomic mass is 9.93. The first kappa shape index (κ1) is 18.1. The highest BCUT2D eigenvalue weighted by molar-refractivity contribution is 7.13. The minimum atomic E-state index is -0.0333. The Kier molecular flexibility index (Phi) is 5.17. The molecule has 4 heterocycles. The molecule has 2 saturated heterocycles. The lowest BCUT2D eigenvalue weighted by molar-refractivity contribution is -0.137. The number of hydrogen-bond donors (Lipinski definition) is 0. The molecule has 6 nitrogen and oxygen atoms in total. The van der Waals surface area contributed by atoms with Gasteiger partial charge in [0.05, 0.1) is 10.8 Å². The maximum Gasteiger partial charge on any atom is 0.240 e. The molecule has 1 amide bonds. The van der Waals surface area contributed by atoms with E-state index in [1.54, 1.807) is 0 Å². The maximum absolute atomic E-state index is 13.0. The largest absolute Gasteiger partial charge is 0.418 e. The predicted octanol–water partition coefficient (Wildman–Crippen LogP) is 3.75. The van der Waals surface area contributed by atoms with Gasteiger partial charge in [-0.2, -0.15) is 10.2 Å². The zero-order valence-electron chi connectivity index (χ0n) is 15.6. The number of piperidine rings is 2. The Morgan fingerprint density at radius 1 is 1.33 bits per heavy atom. The molecular formula is C20H24N4O2S. The van der Waals surface area contributed by atoms with Crippen LogP contribution in [0.25, 0.3) is 10.8 Å². The molecule has 0 saturated carbocycles. The van der Waals surface area contributed by atoms with Gasteiger partial charge in [0.1, 0.15) is 6.07 Å². The summed E-state index contributed by atoms with van der Waals surface area (Å²) in [7, 11) is 0. The molecule has 2 aliphatic heterocycles. The summed E-state index contributed by atoms with van der Waals surface area (Å²) in [5, 5.41) is 11.5. The summed E-state index contributed by atoms with van der Waals surface area (Å²) >= 11 is 1.53. The molecular weight excluding hydrogens is 360 g/mol. The molecule has 2 aliphatic rings. The van der Waals surface area contributed by atoms with Crippen molar-refractivity contribution in [1.82, 2.24) is 9.88 Å². The molecule has 0 bridgehead atoms. The number of aromatic nitrogens is 1. The second-order valence-electron chi connectivity index (χ2n) is 7.55. The molecule has 1 atom stereocenters. The minimum Gasteiger partial charge on any atom is -0.418 e. The molecule has 0 unspecified atom stereocenters. The maximum atomic E-state index is 13.0. The summed E-state index contributed by atoms with van der Waals surface area (Å²) in [6.07, 6.45) is 4.00. The Hall–Kier alpha value is -2.33. The third-order valence-electron chi connectivity index (χ3n) is 5.60. The standard InChI is InChI=1S/C20H24N4O2S/c1-14-6-9-23(10-7-14)19(25)15-4-2-8-24(13-15)20-16(12-21)22-18(26-20)17-5-3-11-27-17/h3,5,11,14-15H,2,4,6-10,13H2,1H3/t15-/m0/s1. The van der Waals surface area contributed by atoms with E-state index in [-0.39, 0.29) is 11.8 Å². The highest BCUT2D eigenvalue weighted by Crippen LogP contribution is 2.33. The topological polar surface area (TPSA) is 73.4 Å². The summed E-state index contributed by atoms with van der Waals surface area (Å²) in [4.78, 5) is 22.3. The number of nitriles is 1. The smallest absolute Gasteiger partial charge is 0.240 e. The molecule has 2 aromatic heterocycles. The van der Waals surface area contributed by atoms with Gasteiger partial charge in [-0.05, 0) is 43.0 Å². The number of rotatable bonds is 3. The van der Waals surface area contributed by atoms with Gasteiger partial charge in [0.15, 0.2) is 0 Å². The van der Waals surface area contributed by atoms with Crippen molar-refractivity contribution in [2.24, 2.45) is 11.8 Å². The first-order valence-electron chi connectivity index (χ1n) is 9.64. The van der Waals surface area contributed by atoms with E-state index in [2.05, 4.69) is 18.0 Å². The number of oxazole rings is 1. The number of amides is 1. The normalized spacial score (nSPS) is 21.3. The van der Waals surface area contributed by atoms with Crippen LogP contribution < -0.4 is 4.90 Å². The Labute approximate surface area is 163 Å². The Bertz CT molecular complexity index is 831. The van der Waals surface area contributed by atoms with Crippen LogP contribution in [-0.2, 0) is 4.79 Å². The summed E-state index contributed by atoms with van der Waals surface area (Å²) in [6, 6.07) is 6.02. The van der Waals surface area contributed by atoms with Gasteiger partial charge in [0.25, 0.3) is 0 Å². The van der Waals surface area contributed by atoms with E-state index in [1.165, 1.54) is 11.3 Å². The van der Waals surface area contributed by atoms with Crippen LogP contribution >= 0.6 is 11.3 Å². The summed E-state index contributed by atoms with van der Waals surface area (Å²) in [5.41, 5.74) is 0.304. The highest BCUT2D eigenvalue weighted by Gasteiger charge is 2.33. The second-order valence-corrected chi connectivity index (χ2v) is 8.50. The van der Waals surface area contributed by atoms with Crippen LogP contribution in [0.4, 0.5) is 5.88 Å². The fraction of sp³-hybridized carbons (Fsp3) is 0.550. The number of carbonyl (C=O) groups excluding carboxylic acids is 1. The number of thiophene rings is 1. The van der Waals surface area contributed by atoms with Crippen LogP contribution in [0.3, 0.4) is 0 Å². The fourth-order valence-corrected chi connectivity index (χ4v) is 4.60. The molecule has 0 aliphatic carbocycles. The minimum absolute atomic E-state index is 0.0333. The van der Waals surface area contributed by atoms with Gasteiger partial charge in [0.2, 0.25) is 23.4 Å². The van der Waals surface area contributed by atoms with Crippen molar-refractivity contribution in [3.05, 3.63) is 23.2 Å². The average Bonchev–Trinajstić information content (AvgIpc) is 3.37. The van der Waals surface area contributed by atoms with E-state index in [4.69, 9.17) is 4.42 Å². The number of carbonyl (C=O) groups is 1. The summed E-state index contributed by atoms with van der Waals surface area (Å²) in [6.45, 7) is 5.37. The van der Waals surface area contributed by atoms with Crippen LogP contribution in [0, 0.1) is 23.2 Å². The molecule has 0 spiro atoms.